The molecule has 0 aliphatic carbocycles. The Morgan fingerprint density at radius 2 is 2.24 bits per heavy atom. The van der Waals surface area contributed by atoms with Gasteiger partial charge in [0.1, 0.15) is 5.52 Å². The van der Waals surface area contributed by atoms with Gasteiger partial charge in [-0.3, -0.25) is 9.97 Å². The molecule has 0 aliphatic rings. The topological polar surface area (TPSA) is 49.2 Å². The zero-order valence-corrected chi connectivity index (χ0v) is 11.2. The number of likely N-dealkylation sites (N-methyl/N-ethyl adjacent to an activating group) is 1. The van der Waals surface area contributed by atoms with E-state index in [9.17, 15) is 0 Å². The number of nitrogens with zero attached hydrogens (tertiary/aromatic N) is 3. The van der Waals surface area contributed by atoms with E-state index in [1.807, 2.05) is 12.1 Å². The minimum absolute atomic E-state index is 0.133. The molecule has 0 bridgehead atoms. The molecule has 0 fully saturated rings. The molecule has 5 heteroatoms. The Balaban J connectivity index is 2.53. The maximum atomic E-state index is 9.06. The first-order chi connectivity index (χ1) is 8.26. The molecule has 0 radical (unpaired) electrons. The number of hydrogen-bond acceptors (Lipinski definition) is 4. The molecule has 0 unspecified atom stereocenters. The average molecular weight is 296 g/mol. The van der Waals surface area contributed by atoms with Crippen molar-refractivity contribution in [1.29, 1.82) is 0 Å². The van der Waals surface area contributed by atoms with E-state index in [1.54, 1.807) is 12.4 Å². The van der Waals surface area contributed by atoms with Crippen LogP contribution in [0.4, 0.5) is 5.69 Å². The molecular weight excluding hydrogens is 282 g/mol. The average Bonchev–Trinajstić information content (AvgIpc) is 2.35. The fraction of sp³-hybridized carbons (Fsp3) is 0.333. The van der Waals surface area contributed by atoms with Crippen LogP contribution in [0, 0.1) is 0 Å². The zero-order valence-electron chi connectivity index (χ0n) is 9.60. The standard InChI is InChI=1S/C12H14BrN3O/c1-2-16(5-6-17)11-3-4-14-10-7-9(13)8-15-12(10)11/h3-4,7-8,17H,2,5-6H2,1H3. The third kappa shape index (κ3) is 2.56. The normalized spacial score (nSPS) is 10.8. The number of aliphatic hydroxyl groups excluding tert-OH is 1. The van der Waals surface area contributed by atoms with Gasteiger partial charge < -0.3 is 10.0 Å². The number of anilines is 1. The predicted octanol–water partition coefficient (Wildman–Crippen LogP) is 2.21. The van der Waals surface area contributed by atoms with Crippen molar-refractivity contribution in [3.63, 3.8) is 0 Å². The van der Waals surface area contributed by atoms with Crippen LogP contribution in [-0.4, -0.2) is 34.8 Å². The molecule has 2 aromatic heterocycles. The van der Waals surface area contributed by atoms with Crippen LogP contribution in [0.3, 0.4) is 0 Å². The molecule has 0 aromatic carbocycles. The van der Waals surface area contributed by atoms with E-state index in [2.05, 4.69) is 37.7 Å². The van der Waals surface area contributed by atoms with Crippen molar-refractivity contribution in [2.24, 2.45) is 0 Å². The third-order valence-corrected chi connectivity index (χ3v) is 3.05. The summed E-state index contributed by atoms with van der Waals surface area (Å²) in [5.41, 5.74) is 2.73. The van der Waals surface area contributed by atoms with Crippen LogP contribution < -0.4 is 4.90 Å². The van der Waals surface area contributed by atoms with Gasteiger partial charge in [0, 0.05) is 30.0 Å². The minimum Gasteiger partial charge on any atom is -0.395 e. The predicted molar refractivity (Wildman–Crippen MR) is 72.2 cm³/mol. The van der Waals surface area contributed by atoms with Crippen LogP contribution in [0.25, 0.3) is 11.0 Å². The summed E-state index contributed by atoms with van der Waals surface area (Å²) in [6, 6.07) is 3.88. The number of hydrogen-bond donors (Lipinski definition) is 1. The van der Waals surface area contributed by atoms with Crippen LogP contribution in [0.1, 0.15) is 6.92 Å². The van der Waals surface area contributed by atoms with E-state index in [0.29, 0.717) is 6.54 Å². The Morgan fingerprint density at radius 1 is 1.41 bits per heavy atom. The lowest BCUT2D eigenvalue weighted by Gasteiger charge is -2.22. The molecule has 0 spiro atoms. The van der Waals surface area contributed by atoms with Crippen molar-refractivity contribution < 1.29 is 5.11 Å². The molecule has 17 heavy (non-hydrogen) atoms. The summed E-state index contributed by atoms with van der Waals surface area (Å²) in [6.07, 6.45) is 3.53. The molecule has 2 heterocycles. The number of aromatic nitrogens is 2. The summed E-state index contributed by atoms with van der Waals surface area (Å²) in [6.45, 7) is 3.62. The van der Waals surface area contributed by atoms with Crippen molar-refractivity contribution in [3.8, 4) is 0 Å². The summed E-state index contributed by atoms with van der Waals surface area (Å²) in [5, 5.41) is 9.06. The first kappa shape index (κ1) is 12.3. The van der Waals surface area contributed by atoms with Gasteiger partial charge in [0.15, 0.2) is 0 Å². The molecule has 0 saturated heterocycles. The second-order valence-corrected chi connectivity index (χ2v) is 4.57. The van der Waals surface area contributed by atoms with Crippen molar-refractivity contribution in [3.05, 3.63) is 29.0 Å². The molecule has 0 aliphatic heterocycles. The largest absolute Gasteiger partial charge is 0.395 e. The Morgan fingerprint density at radius 3 is 2.94 bits per heavy atom. The molecular formula is C12H14BrN3O. The van der Waals surface area contributed by atoms with Gasteiger partial charge >= 0.3 is 0 Å². The number of rotatable bonds is 4. The first-order valence-electron chi connectivity index (χ1n) is 5.52. The first-order valence-corrected chi connectivity index (χ1v) is 6.31. The molecule has 90 valence electrons. The highest BCUT2D eigenvalue weighted by Gasteiger charge is 2.09. The molecule has 2 rings (SSSR count). The molecule has 2 aromatic rings. The number of pyridine rings is 2. The summed E-state index contributed by atoms with van der Waals surface area (Å²) < 4.78 is 0.917. The molecule has 4 nitrogen and oxygen atoms in total. The molecule has 0 saturated carbocycles. The zero-order chi connectivity index (χ0) is 12.3. The fourth-order valence-corrected chi connectivity index (χ4v) is 2.14. The van der Waals surface area contributed by atoms with E-state index in [-0.39, 0.29) is 6.61 Å². The van der Waals surface area contributed by atoms with Crippen molar-refractivity contribution in [2.75, 3.05) is 24.6 Å². The van der Waals surface area contributed by atoms with Gasteiger partial charge in [-0.25, -0.2) is 0 Å². The van der Waals surface area contributed by atoms with Crippen molar-refractivity contribution in [1.82, 2.24) is 9.97 Å². The van der Waals surface area contributed by atoms with Gasteiger partial charge in [-0.15, -0.1) is 0 Å². The van der Waals surface area contributed by atoms with E-state index in [0.717, 1.165) is 27.7 Å². The van der Waals surface area contributed by atoms with E-state index in [1.165, 1.54) is 0 Å². The Bertz CT molecular complexity index is 518. The van der Waals surface area contributed by atoms with E-state index in [4.69, 9.17) is 5.11 Å². The summed E-state index contributed by atoms with van der Waals surface area (Å²) in [5.74, 6) is 0. The fourth-order valence-electron chi connectivity index (χ4n) is 1.82. The highest BCUT2D eigenvalue weighted by Crippen LogP contribution is 2.24. The number of halogens is 1. The summed E-state index contributed by atoms with van der Waals surface area (Å²) in [4.78, 5) is 10.8. The Labute approximate surface area is 108 Å². The van der Waals surface area contributed by atoms with Gasteiger partial charge in [0.05, 0.1) is 17.8 Å². The Kier molecular flexibility index (Phi) is 3.91. The summed E-state index contributed by atoms with van der Waals surface area (Å²) in [7, 11) is 0. The lowest BCUT2D eigenvalue weighted by Crippen LogP contribution is -2.26. The maximum absolute atomic E-state index is 9.06. The SMILES string of the molecule is CCN(CCO)c1ccnc2cc(Br)cnc12. The molecule has 0 atom stereocenters. The van der Waals surface area contributed by atoms with Crippen LogP contribution in [0.5, 0.6) is 0 Å². The minimum atomic E-state index is 0.133. The van der Waals surface area contributed by atoms with Crippen LogP contribution in [0.2, 0.25) is 0 Å². The second kappa shape index (κ2) is 5.42. The van der Waals surface area contributed by atoms with E-state index >= 15 is 0 Å². The lowest BCUT2D eigenvalue weighted by atomic mass is 10.2. The van der Waals surface area contributed by atoms with Crippen LogP contribution in [-0.2, 0) is 0 Å². The van der Waals surface area contributed by atoms with Gasteiger partial charge in [-0.2, -0.15) is 0 Å². The van der Waals surface area contributed by atoms with Gasteiger partial charge in [-0.1, -0.05) is 0 Å². The highest BCUT2D eigenvalue weighted by molar-refractivity contribution is 9.10. The Hall–Kier alpha value is -1.20. The van der Waals surface area contributed by atoms with Crippen molar-refractivity contribution >= 4 is 32.7 Å². The lowest BCUT2D eigenvalue weighted by molar-refractivity contribution is 0.302. The monoisotopic (exact) mass is 295 g/mol. The summed E-state index contributed by atoms with van der Waals surface area (Å²) >= 11 is 3.39. The van der Waals surface area contributed by atoms with Crippen LogP contribution in [0.15, 0.2) is 29.0 Å². The third-order valence-electron chi connectivity index (χ3n) is 2.62. The molecule has 1 N–H and O–H groups in total. The number of aliphatic hydroxyl groups is 1. The maximum Gasteiger partial charge on any atom is 0.112 e. The number of fused-ring (bicyclic) bond motifs is 1. The van der Waals surface area contributed by atoms with Gasteiger partial charge in [0.2, 0.25) is 0 Å². The van der Waals surface area contributed by atoms with Gasteiger partial charge in [-0.05, 0) is 35.0 Å². The van der Waals surface area contributed by atoms with E-state index < -0.39 is 0 Å². The quantitative estimate of drug-likeness (QED) is 0.940. The van der Waals surface area contributed by atoms with Crippen molar-refractivity contribution in [2.45, 2.75) is 6.92 Å². The molecule has 0 amide bonds. The van der Waals surface area contributed by atoms with Crippen LogP contribution >= 0.6 is 15.9 Å². The second-order valence-electron chi connectivity index (χ2n) is 3.65. The highest BCUT2D eigenvalue weighted by atomic mass is 79.9. The van der Waals surface area contributed by atoms with Gasteiger partial charge in [0.25, 0.3) is 0 Å². The smallest absolute Gasteiger partial charge is 0.112 e.